The molecule has 2 atom stereocenters. The van der Waals surface area contributed by atoms with Crippen molar-refractivity contribution in [1.29, 1.82) is 0 Å². The summed E-state index contributed by atoms with van der Waals surface area (Å²) in [5, 5.41) is 10.1. The number of hydrogen-bond acceptors (Lipinski definition) is 2. The van der Waals surface area contributed by atoms with Gasteiger partial charge in [-0.2, -0.15) is 0 Å². The smallest absolute Gasteiger partial charge is 0.0590 e. The highest BCUT2D eigenvalue weighted by Crippen LogP contribution is 2.19. The molecule has 0 aromatic heterocycles. The molecule has 0 rings (SSSR count). The van der Waals surface area contributed by atoms with Crippen LogP contribution in [-0.4, -0.2) is 24.4 Å². The zero-order valence-corrected chi connectivity index (χ0v) is 11.5. The number of ether oxygens (including phenoxy) is 1. The third kappa shape index (κ3) is 8.12. The van der Waals surface area contributed by atoms with Gasteiger partial charge in [-0.3, -0.25) is 0 Å². The van der Waals surface area contributed by atoms with Crippen molar-refractivity contribution in [1.82, 2.24) is 0 Å². The summed E-state index contributed by atoms with van der Waals surface area (Å²) >= 11 is 0. The van der Waals surface area contributed by atoms with Gasteiger partial charge in [0.2, 0.25) is 0 Å². The van der Waals surface area contributed by atoms with Crippen molar-refractivity contribution in [3.63, 3.8) is 0 Å². The van der Waals surface area contributed by atoms with Gasteiger partial charge in [0.1, 0.15) is 0 Å². The van der Waals surface area contributed by atoms with Crippen LogP contribution in [-0.2, 0) is 4.74 Å². The quantitative estimate of drug-likeness (QED) is 0.621. The summed E-state index contributed by atoms with van der Waals surface area (Å²) in [6.45, 7) is 10.1. The number of aliphatic hydroxyl groups excluding tert-OH is 1. The van der Waals surface area contributed by atoms with Gasteiger partial charge in [-0.05, 0) is 32.1 Å². The van der Waals surface area contributed by atoms with Crippen molar-refractivity contribution in [3.05, 3.63) is 0 Å². The van der Waals surface area contributed by atoms with E-state index < -0.39 is 0 Å². The predicted molar refractivity (Wildman–Crippen MR) is 69.6 cm³/mol. The van der Waals surface area contributed by atoms with Gasteiger partial charge in [0.25, 0.3) is 0 Å². The molecule has 2 heteroatoms. The molecular weight excluding hydrogens is 200 g/mol. The standard InChI is InChI=1S/C14H30O2/c1-5-7-8-13(11-16-6-2)14(15)10-9-12(3)4/h12-15H,5-11H2,1-4H3. The van der Waals surface area contributed by atoms with E-state index in [0.717, 1.165) is 32.5 Å². The Morgan fingerprint density at radius 3 is 2.25 bits per heavy atom. The van der Waals surface area contributed by atoms with Crippen molar-refractivity contribution in [2.24, 2.45) is 11.8 Å². The van der Waals surface area contributed by atoms with Crippen LogP contribution in [0.3, 0.4) is 0 Å². The van der Waals surface area contributed by atoms with Gasteiger partial charge in [-0.15, -0.1) is 0 Å². The molecule has 0 radical (unpaired) electrons. The first-order chi connectivity index (χ1) is 7.61. The molecule has 1 N–H and O–H groups in total. The second-order valence-corrected chi connectivity index (χ2v) is 5.10. The van der Waals surface area contributed by atoms with Crippen molar-refractivity contribution in [2.45, 2.75) is 65.9 Å². The molecule has 98 valence electrons. The maximum absolute atomic E-state index is 10.1. The average Bonchev–Trinajstić information content (AvgIpc) is 2.26. The van der Waals surface area contributed by atoms with E-state index in [1.165, 1.54) is 12.8 Å². The molecule has 0 aromatic rings. The molecule has 0 aliphatic rings. The summed E-state index contributed by atoms with van der Waals surface area (Å²) in [7, 11) is 0. The van der Waals surface area contributed by atoms with Gasteiger partial charge in [-0.1, -0.05) is 33.6 Å². The van der Waals surface area contributed by atoms with Crippen LogP contribution in [0.15, 0.2) is 0 Å². The van der Waals surface area contributed by atoms with E-state index in [1.807, 2.05) is 6.92 Å². The first kappa shape index (κ1) is 15.9. The Balaban J connectivity index is 3.92. The summed E-state index contributed by atoms with van der Waals surface area (Å²) in [4.78, 5) is 0. The van der Waals surface area contributed by atoms with E-state index in [1.54, 1.807) is 0 Å². The van der Waals surface area contributed by atoms with E-state index in [0.29, 0.717) is 11.8 Å². The number of aliphatic hydroxyl groups is 1. The van der Waals surface area contributed by atoms with Crippen LogP contribution in [0.4, 0.5) is 0 Å². The van der Waals surface area contributed by atoms with Crippen LogP contribution in [0.2, 0.25) is 0 Å². The van der Waals surface area contributed by atoms with Gasteiger partial charge in [0.15, 0.2) is 0 Å². The van der Waals surface area contributed by atoms with Crippen molar-refractivity contribution < 1.29 is 9.84 Å². The van der Waals surface area contributed by atoms with E-state index in [4.69, 9.17) is 4.74 Å². The van der Waals surface area contributed by atoms with Gasteiger partial charge >= 0.3 is 0 Å². The normalized spacial score (nSPS) is 15.4. The van der Waals surface area contributed by atoms with Crippen molar-refractivity contribution >= 4 is 0 Å². The minimum atomic E-state index is -0.180. The molecule has 0 fully saturated rings. The first-order valence-corrected chi connectivity index (χ1v) is 6.87. The second-order valence-electron chi connectivity index (χ2n) is 5.10. The first-order valence-electron chi connectivity index (χ1n) is 6.87. The van der Waals surface area contributed by atoms with Crippen LogP contribution >= 0.6 is 0 Å². The molecule has 0 amide bonds. The lowest BCUT2D eigenvalue weighted by molar-refractivity contribution is 0.0208. The highest BCUT2D eigenvalue weighted by Gasteiger charge is 2.18. The summed E-state index contributed by atoms with van der Waals surface area (Å²) in [6.07, 6.45) is 5.32. The summed E-state index contributed by atoms with van der Waals surface area (Å²) < 4.78 is 5.46. The lowest BCUT2D eigenvalue weighted by atomic mass is 9.92. The Morgan fingerprint density at radius 1 is 1.06 bits per heavy atom. The van der Waals surface area contributed by atoms with Crippen LogP contribution in [0, 0.1) is 11.8 Å². The van der Waals surface area contributed by atoms with Gasteiger partial charge in [0.05, 0.1) is 12.7 Å². The Morgan fingerprint density at radius 2 is 1.75 bits per heavy atom. The molecule has 16 heavy (non-hydrogen) atoms. The zero-order chi connectivity index (χ0) is 12.4. The van der Waals surface area contributed by atoms with Crippen LogP contribution in [0.1, 0.15) is 59.8 Å². The minimum Gasteiger partial charge on any atom is -0.393 e. The lowest BCUT2D eigenvalue weighted by Gasteiger charge is -2.23. The fourth-order valence-corrected chi connectivity index (χ4v) is 1.86. The number of rotatable bonds is 10. The fourth-order valence-electron chi connectivity index (χ4n) is 1.86. The van der Waals surface area contributed by atoms with Gasteiger partial charge in [-0.25, -0.2) is 0 Å². The molecule has 0 heterocycles. The number of hydrogen-bond donors (Lipinski definition) is 1. The largest absolute Gasteiger partial charge is 0.393 e. The highest BCUT2D eigenvalue weighted by molar-refractivity contribution is 4.69. The molecule has 0 aromatic carbocycles. The zero-order valence-electron chi connectivity index (χ0n) is 11.5. The van der Waals surface area contributed by atoms with E-state index >= 15 is 0 Å². The molecule has 0 spiro atoms. The van der Waals surface area contributed by atoms with Crippen molar-refractivity contribution in [2.75, 3.05) is 13.2 Å². The third-order valence-electron chi connectivity index (χ3n) is 3.05. The summed E-state index contributed by atoms with van der Waals surface area (Å²) in [5.74, 6) is 1.01. The van der Waals surface area contributed by atoms with Gasteiger partial charge in [0, 0.05) is 12.5 Å². The van der Waals surface area contributed by atoms with Crippen LogP contribution < -0.4 is 0 Å². The highest BCUT2D eigenvalue weighted by atomic mass is 16.5. The average molecular weight is 230 g/mol. The van der Waals surface area contributed by atoms with Gasteiger partial charge < -0.3 is 9.84 Å². The molecule has 2 nitrogen and oxygen atoms in total. The Bertz CT molecular complexity index is 138. The van der Waals surface area contributed by atoms with Crippen LogP contribution in [0.25, 0.3) is 0 Å². The lowest BCUT2D eigenvalue weighted by Crippen LogP contribution is -2.25. The molecule has 0 saturated carbocycles. The Labute approximate surface area is 101 Å². The molecule has 0 aliphatic heterocycles. The fraction of sp³-hybridized carbons (Fsp3) is 1.00. The monoisotopic (exact) mass is 230 g/mol. The van der Waals surface area contributed by atoms with Crippen LogP contribution in [0.5, 0.6) is 0 Å². The molecule has 2 unspecified atom stereocenters. The van der Waals surface area contributed by atoms with E-state index in [9.17, 15) is 5.11 Å². The third-order valence-corrected chi connectivity index (χ3v) is 3.05. The molecule has 0 saturated heterocycles. The minimum absolute atomic E-state index is 0.180. The van der Waals surface area contributed by atoms with E-state index in [2.05, 4.69) is 20.8 Å². The van der Waals surface area contributed by atoms with Crippen molar-refractivity contribution in [3.8, 4) is 0 Å². The maximum atomic E-state index is 10.1. The van der Waals surface area contributed by atoms with E-state index in [-0.39, 0.29) is 6.10 Å². The predicted octanol–water partition coefficient (Wildman–Crippen LogP) is 3.63. The summed E-state index contributed by atoms with van der Waals surface area (Å²) in [6, 6.07) is 0. The Kier molecular flexibility index (Phi) is 10.0. The topological polar surface area (TPSA) is 29.5 Å². The SMILES string of the molecule is CCCCC(COCC)C(O)CCC(C)C. The Hall–Kier alpha value is -0.0800. The second kappa shape index (κ2) is 10.1. The number of unbranched alkanes of at least 4 members (excludes halogenated alkanes) is 1. The summed E-state index contributed by atoms with van der Waals surface area (Å²) in [5.41, 5.74) is 0. The maximum Gasteiger partial charge on any atom is 0.0590 e. The molecular formula is C14H30O2. The molecule has 0 bridgehead atoms. The molecule has 0 aliphatic carbocycles.